The molecule has 0 spiro atoms. The van der Waals surface area contributed by atoms with Gasteiger partial charge in [-0.25, -0.2) is 21.5 Å². The van der Waals surface area contributed by atoms with Gasteiger partial charge in [-0.05, 0) is 76.1 Å². The molecule has 3 aliphatic heterocycles. The van der Waals surface area contributed by atoms with E-state index in [1.807, 2.05) is 0 Å². The van der Waals surface area contributed by atoms with E-state index in [-0.39, 0.29) is 35.8 Å². The highest BCUT2D eigenvalue weighted by Crippen LogP contribution is 2.35. The third kappa shape index (κ3) is 9.23. The number of sulfone groups is 1. The lowest BCUT2D eigenvalue weighted by atomic mass is 9.84. The van der Waals surface area contributed by atoms with Gasteiger partial charge in [-0.15, -0.1) is 5.10 Å². The van der Waals surface area contributed by atoms with E-state index in [9.17, 15) is 45.9 Å². The number of carbonyl (C=O) groups excluding carboxylic acids is 5. The lowest BCUT2D eigenvalue weighted by Gasteiger charge is -2.37. The van der Waals surface area contributed by atoms with Gasteiger partial charge in [0.2, 0.25) is 27.6 Å². The number of Topliss-reactive ketones (excluding diaryl/α,β-unsaturated/α-hetero) is 1. The number of carbonyl (C=O) groups is 5. The second-order valence-corrected chi connectivity index (χ2v) is 20.6. The van der Waals surface area contributed by atoms with Crippen molar-refractivity contribution in [2.45, 2.75) is 119 Å². The topological polar surface area (TPSA) is 261 Å². The van der Waals surface area contributed by atoms with Gasteiger partial charge in [0.25, 0.3) is 11.8 Å². The van der Waals surface area contributed by atoms with E-state index in [2.05, 4.69) is 20.9 Å². The maximum Gasteiger partial charge on any atom is 0.287 e. The van der Waals surface area contributed by atoms with E-state index in [4.69, 9.17) is 5.73 Å². The SMILES string of the molecule is CC(C)(O)c1cnnn1[C@H]1C[C@@H](C(=O)NC2(C(=O)C(N)=O)CCS(=O)(=O)CC2)N(C(=O)C(CC2CCCCC2)NC(=O)c2ccc(S(=O)(=O)N3CCCC3)cc2)C1. The van der Waals surface area contributed by atoms with Crippen molar-refractivity contribution < 1.29 is 45.9 Å². The van der Waals surface area contributed by atoms with Crippen LogP contribution in [0.3, 0.4) is 0 Å². The summed E-state index contributed by atoms with van der Waals surface area (Å²) in [7, 11) is -7.29. The minimum absolute atomic E-state index is 0.0504. The lowest BCUT2D eigenvalue weighted by molar-refractivity contribution is -0.145. The Morgan fingerprint density at radius 1 is 1.00 bits per heavy atom. The molecule has 20 heteroatoms. The molecule has 4 amide bonds. The normalized spacial score (nSPS) is 23.5. The van der Waals surface area contributed by atoms with Crippen LogP contribution in [0.2, 0.25) is 0 Å². The largest absolute Gasteiger partial charge is 0.384 e. The van der Waals surface area contributed by atoms with Crippen molar-refractivity contribution in [2.75, 3.05) is 31.1 Å². The molecule has 3 saturated heterocycles. The Morgan fingerprint density at radius 2 is 1.63 bits per heavy atom. The first-order valence-electron chi connectivity index (χ1n) is 19.5. The van der Waals surface area contributed by atoms with Gasteiger partial charge in [-0.1, -0.05) is 37.3 Å². The van der Waals surface area contributed by atoms with Crippen molar-refractivity contribution in [3.8, 4) is 0 Å². The highest BCUT2D eigenvalue weighted by molar-refractivity contribution is 7.91. The zero-order valence-electron chi connectivity index (χ0n) is 32.3. The molecule has 0 radical (unpaired) electrons. The van der Waals surface area contributed by atoms with Crippen LogP contribution in [0, 0.1) is 5.92 Å². The van der Waals surface area contributed by atoms with E-state index >= 15 is 0 Å². The van der Waals surface area contributed by atoms with Gasteiger partial charge in [-0.3, -0.25) is 24.0 Å². The van der Waals surface area contributed by atoms with Crippen LogP contribution in [0.25, 0.3) is 0 Å². The zero-order valence-corrected chi connectivity index (χ0v) is 33.9. The van der Waals surface area contributed by atoms with Crippen LogP contribution >= 0.6 is 0 Å². The lowest BCUT2D eigenvalue weighted by Crippen LogP contribution is -2.64. The fourth-order valence-electron chi connectivity index (χ4n) is 8.56. The number of hydrogen-bond acceptors (Lipinski definition) is 12. The van der Waals surface area contributed by atoms with Gasteiger partial charge in [0.05, 0.1) is 34.3 Å². The molecule has 4 aliphatic rings. The third-order valence-corrected chi connectivity index (χ3v) is 15.4. The number of benzene rings is 1. The second-order valence-electron chi connectivity index (χ2n) is 16.3. The molecule has 1 aliphatic carbocycles. The van der Waals surface area contributed by atoms with E-state index in [0.717, 1.165) is 44.9 Å². The Bertz CT molecular complexity index is 2070. The number of primary amides is 1. The number of nitrogens with two attached hydrogens (primary N) is 1. The Kier molecular flexibility index (Phi) is 12.3. The summed E-state index contributed by atoms with van der Waals surface area (Å²) in [5.74, 6) is -5.43. The van der Waals surface area contributed by atoms with Gasteiger partial charge < -0.3 is 26.4 Å². The molecule has 1 aromatic heterocycles. The molecule has 4 heterocycles. The number of rotatable bonds is 13. The summed E-state index contributed by atoms with van der Waals surface area (Å²) < 4.78 is 53.8. The average molecular weight is 833 g/mol. The van der Waals surface area contributed by atoms with Crippen LogP contribution in [0.4, 0.5) is 0 Å². The summed E-state index contributed by atoms with van der Waals surface area (Å²) in [6, 6.07) is 2.38. The molecule has 1 aromatic carbocycles. The molecular formula is C37H52N8O10S2. The number of hydrogen-bond donors (Lipinski definition) is 4. The Labute approximate surface area is 332 Å². The number of sulfonamides is 1. The molecule has 6 rings (SSSR count). The number of amides is 4. The first-order chi connectivity index (χ1) is 26.8. The summed E-state index contributed by atoms with van der Waals surface area (Å²) >= 11 is 0. The number of ketones is 1. The Balaban J connectivity index is 1.31. The molecule has 0 bridgehead atoms. The fourth-order valence-corrected chi connectivity index (χ4v) is 11.6. The summed E-state index contributed by atoms with van der Waals surface area (Å²) in [6.07, 6.45) is 6.89. The molecule has 4 fully saturated rings. The summed E-state index contributed by atoms with van der Waals surface area (Å²) in [4.78, 5) is 69.9. The predicted octanol–water partition coefficient (Wildman–Crippen LogP) is 0.319. The van der Waals surface area contributed by atoms with Gasteiger partial charge in [-0.2, -0.15) is 4.31 Å². The van der Waals surface area contributed by atoms with Gasteiger partial charge in [0.15, 0.2) is 9.84 Å². The van der Waals surface area contributed by atoms with Crippen LogP contribution in [0.1, 0.15) is 107 Å². The minimum Gasteiger partial charge on any atom is -0.384 e. The fraction of sp³-hybridized carbons (Fsp3) is 0.649. The van der Waals surface area contributed by atoms with Gasteiger partial charge in [0.1, 0.15) is 23.2 Å². The van der Waals surface area contributed by atoms with Crippen molar-refractivity contribution in [3.05, 3.63) is 41.7 Å². The van der Waals surface area contributed by atoms with E-state index in [1.165, 1.54) is 58.2 Å². The van der Waals surface area contributed by atoms with Crippen molar-refractivity contribution in [1.82, 2.24) is 34.8 Å². The van der Waals surface area contributed by atoms with Gasteiger partial charge in [0, 0.05) is 31.6 Å². The van der Waals surface area contributed by atoms with E-state index in [0.29, 0.717) is 18.8 Å². The predicted molar refractivity (Wildman–Crippen MR) is 204 cm³/mol. The van der Waals surface area contributed by atoms with Gasteiger partial charge >= 0.3 is 0 Å². The smallest absolute Gasteiger partial charge is 0.287 e. The van der Waals surface area contributed by atoms with E-state index < -0.39 is 103 Å². The minimum atomic E-state index is -3.73. The first kappa shape index (κ1) is 42.3. The molecule has 1 unspecified atom stereocenters. The maximum atomic E-state index is 14.9. The van der Waals surface area contributed by atoms with E-state index in [1.54, 1.807) is 0 Å². The average Bonchev–Trinajstić information content (AvgIpc) is 3.97. The molecule has 57 heavy (non-hydrogen) atoms. The number of likely N-dealkylation sites (tertiary alicyclic amines) is 1. The molecule has 1 saturated carbocycles. The highest BCUT2D eigenvalue weighted by Gasteiger charge is 2.51. The monoisotopic (exact) mass is 832 g/mol. The maximum absolute atomic E-state index is 14.9. The molecule has 2 aromatic rings. The highest BCUT2D eigenvalue weighted by atomic mass is 32.2. The molecule has 312 valence electrons. The van der Waals surface area contributed by atoms with Crippen LogP contribution in [0.5, 0.6) is 0 Å². The second kappa shape index (κ2) is 16.5. The Hall–Kier alpha value is -4.27. The number of aliphatic hydroxyl groups is 1. The number of nitrogens with one attached hydrogen (secondary N) is 2. The van der Waals surface area contributed by atoms with Crippen LogP contribution in [-0.4, -0.2) is 124 Å². The molecular weight excluding hydrogens is 781 g/mol. The summed E-state index contributed by atoms with van der Waals surface area (Å²) in [5, 5.41) is 24.5. The van der Waals surface area contributed by atoms with Crippen LogP contribution in [0.15, 0.2) is 35.4 Å². The van der Waals surface area contributed by atoms with Crippen LogP contribution < -0.4 is 16.4 Å². The zero-order chi connectivity index (χ0) is 41.3. The summed E-state index contributed by atoms with van der Waals surface area (Å²) in [6.45, 7) is 3.79. The molecule has 18 nitrogen and oxygen atoms in total. The quantitative estimate of drug-likeness (QED) is 0.199. The number of nitrogens with zero attached hydrogens (tertiary/aromatic N) is 5. The standard InChI is InChI=1S/C37H52N8O10S2/c1-36(2,51)30-22-39-42-45(30)26-21-29(34(49)41-37(31(46)32(38)47)14-18-56(52,53)19-15-37)44(23-26)35(50)28(20-24-8-4-3-5-9-24)40-33(48)25-10-12-27(13-11-25)57(54,55)43-16-6-7-17-43/h10-13,22,24,26,28-29,51H,3-9,14-21,23H2,1-2H3,(H2,38,47)(H,40,48)(H,41,49)/t26-,28?,29-/m0/s1. The van der Waals surface area contributed by atoms with Crippen molar-refractivity contribution >= 4 is 49.3 Å². The molecule has 3 atom stereocenters. The van der Waals surface area contributed by atoms with Crippen molar-refractivity contribution in [2.24, 2.45) is 11.7 Å². The van der Waals surface area contributed by atoms with Crippen molar-refractivity contribution in [3.63, 3.8) is 0 Å². The number of aromatic nitrogens is 3. The Morgan fingerprint density at radius 3 is 2.23 bits per heavy atom. The van der Waals surface area contributed by atoms with Crippen molar-refractivity contribution in [1.29, 1.82) is 0 Å². The summed E-state index contributed by atoms with van der Waals surface area (Å²) in [5.41, 5.74) is 2.48. The first-order valence-corrected chi connectivity index (χ1v) is 22.8. The van der Waals surface area contributed by atoms with Crippen LogP contribution in [-0.2, 0) is 44.6 Å². The molecule has 5 N–H and O–H groups in total. The third-order valence-electron chi connectivity index (χ3n) is 11.8.